The summed E-state index contributed by atoms with van der Waals surface area (Å²) in [5.41, 5.74) is 13.2. The van der Waals surface area contributed by atoms with E-state index < -0.39 is 0 Å². The van der Waals surface area contributed by atoms with Crippen molar-refractivity contribution in [3.8, 4) is 51.3 Å². The molecule has 3 heterocycles. The highest BCUT2D eigenvalue weighted by Gasteiger charge is 2.23. The van der Waals surface area contributed by atoms with E-state index in [1.807, 2.05) is 54.6 Å². The first-order valence-corrected chi connectivity index (χ1v) is 18.1. The molecule has 0 fully saturated rings. The van der Waals surface area contributed by atoms with Crippen LogP contribution in [-0.2, 0) is 0 Å². The molecule has 54 heavy (non-hydrogen) atoms. The maximum Gasteiger partial charge on any atom is 0.160 e. The normalized spacial score (nSPS) is 11.5. The highest BCUT2D eigenvalue weighted by molar-refractivity contribution is 6.12. The number of benzene rings is 7. The standard InChI is InChI=1S/C49H33N5/c1-31-21-23-45-39(25-31)36-17-9-11-19-43(36)53(45)47-27-35(30-50)38(28-48(47)54-44-20-12-10-18-37(44)40-26-32(2)22-24-46(40)54)42-29-41(33-13-5-3-6-14-33)51-49(52-42)34-15-7-4-8-16-34/h3-29H,1-2H3. The lowest BCUT2D eigenvalue weighted by molar-refractivity contribution is 1.09. The molecule has 0 aliphatic heterocycles. The van der Waals surface area contributed by atoms with E-state index >= 15 is 0 Å². The van der Waals surface area contributed by atoms with E-state index in [2.05, 4.69) is 138 Å². The first-order chi connectivity index (χ1) is 26.6. The van der Waals surface area contributed by atoms with Gasteiger partial charge in [-0.15, -0.1) is 0 Å². The highest BCUT2D eigenvalue weighted by Crippen LogP contribution is 2.41. The minimum Gasteiger partial charge on any atom is -0.307 e. The molecule has 0 amide bonds. The lowest BCUT2D eigenvalue weighted by Crippen LogP contribution is -2.06. The van der Waals surface area contributed by atoms with Crippen LogP contribution in [0.4, 0.5) is 0 Å². The predicted octanol–water partition coefficient (Wildman–Crippen LogP) is 12.2. The van der Waals surface area contributed by atoms with Gasteiger partial charge in [0.15, 0.2) is 5.82 Å². The SMILES string of the molecule is Cc1ccc2c(c1)c1ccccc1n2-c1cc(C#N)c(-c2cc(-c3ccccc3)nc(-c3ccccc3)n2)cc1-n1c2ccccc2c2cc(C)ccc21. The average Bonchev–Trinajstić information content (AvgIpc) is 3.72. The summed E-state index contributed by atoms with van der Waals surface area (Å²) in [6, 6.07) is 59.4. The minimum absolute atomic E-state index is 0.528. The fourth-order valence-corrected chi connectivity index (χ4v) is 7.99. The minimum atomic E-state index is 0.528. The maximum absolute atomic E-state index is 11.0. The van der Waals surface area contributed by atoms with Crippen molar-refractivity contribution >= 4 is 43.6 Å². The van der Waals surface area contributed by atoms with Crippen molar-refractivity contribution < 1.29 is 0 Å². The summed E-state index contributed by atoms with van der Waals surface area (Å²) in [5.74, 6) is 0.603. The molecule has 0 aliphatic rings. The Morgan fingerprint density at radius 3 is 1.50 bits per heavy atom. The van der Waals surface area contributed by atoms with Crippen LogP contribution in [0.25, 0.3) is 88.9 Å². The van der Waals surface area contributed by atoms with Crippen LogP contribution in [0, 0.1) is 25.2 Å². The van der Waals surface area contributed by atoms with Gasteiger partial charge < -0.3 is 9.13 Å². The second-order valence-corrected chi connectivity index (χ2v) is 13.9. The lowest BCUT2D eigenvalue weighted by Gasteiger charge is -2.19. The Bertz CT molecular complexity index is 3070. The number of hydrogen-bond acceptors (Lipinski definition) is 3. The third kappa shape index (κ3) is 5.00. The van der Waals surface area contributed by atoms with E-state index in [0.717, 1.165) is 55.8 Å². The molecule has 0 unspecified atom stereocenters. The number of nitrogens with zero attached hydrogens (tertiary/aromatic N) is 5. The quantitative estimate of drug-likeness (QED) is 0.180. The van der Waals surface area contributed by atoms with Gasteiger partial charge in [0.1, 0.15) is 0 Å². The zero-order chi connectivity index (χ0) is 36.3. The summed E-state index contributed by atoms with van der Waals surface area (Å²) in [4.78, 5) is 10.2. The van der Waals surface area contributed by atoms with Crippen molar-refractivity contribution in [1.82, 2.24) is 19.1 Å². The summed E-state index contributed by atoms with van der Waals surface area (Å²) in [6.45, 7) is 4.27. The molecule has 7 aromatic carbocycles. The van der Waals surface area contributed by atoms with Crippen LogP contribution in [-0.4, -0.2) is 19.1 Å². The third-order valence-electron chi connectivity index (χ3n) is 10.5. The Morgan fingerprint density at radius 1 is 0.444 bits per heavy atom. The Hall–Kier alpha value is -7.29. The zero-order valence-corrected chi connectivity index (χ0v) is 29.8. The van der Waals surface area contributed by atoms with Crippen LogP contribution >= 0.6 is 0 Å². The van der Waals surface area contributed by atoms with E-state index in [4.69, 9.17) is 9.97 Å². The maximum atomic E-state index is 11.0. The average molecular weight is 692 g/mol. The Morgan fingerprint density at radius 2 is 0.926 bits per heavy atom. The van der Waals surface area contributed by atoms with Crippen molar-refractivity contribution in [3.05, 3.63) is 180 Å². The van der Waals surface area contributed by atoms with Crippen LogP contribution in [0.5, 0.6) is 0 Å². The van der Waals surface area contributed by atoms with Gasteiger partial charge in [0.2, 0.25) is 0 Å². The van der Waals surface area contributed by atoms with Crippen LogP contribution in [0.2, 0.25) is 0 Å². The molecule has 0 N–H and O–H groups in total. The van der Waals surface area contributed by atoms with E-state index in [1.165, 1.54) is 32.7 Å². The summed E-state index contributed by atoms with van der Waals surface area (Å²) < 4.78 is 4.68. The van der Waals surface area contributed by atoms with Crippen molar-refractivity contribution in [3.63, 3.8) is 0 Å². The van der Waals surface area contributed by atoms with Gasteiger partial charge in [-0.05, 0) is 68.4 Å². The second-order valence-electron chi connectivity index (χ2n) is 13.9. The molecule has 254 valence electrons. The zero-order valence-electron chi connectivity index (χ0n) is 29.8. The molecule has 0 saturated carbocycles. The number of rotatable bonds is 5. The molecule has 5 nitrogen and oxygen atoms in total. The molecule has 10 rings (SSSR count). The van der Waals surface area contributed by atoms with Gasteiger partial charge in [-0.25, -0.2) is 9.97 Å². The first-order valence-electron chi connectivity index (χ1n) is 18.1. The number of aromatic nitrogens is 4. The van der Waals surface area contributed by atoms with E-state index in [0.29, 0.717) is 17.1 Å². The summed E-state index contributed by atoms with van der Waals surface area (Å²) in [7, 11) is 0. The molecule has 10 aromatic rings. The van der Waals surface area contributed by atoms with Gasteiger partial charge >= 0.3 is 0 Å². The van der Waals surface area contributed by atoms with Gasteiger partial charge in [0.25, 0.3) is 0 Å². The largest absolute Gasteiger partial charge is 0.307 e. The molecular weight excluding hydrogens is 659 g/mol. The fourth-order valence-electron chi connectivity index (χ4n) is 7.99. The number of fused-ring (bicyclic) bond motifs is 6. The topological polar surface area (TPSA) is 59.4 Å². The molecule has 0 spiro atoms. The van der Waals surface area contributed by atoms with Gasteiger partial charge in [0, 0.05) is 38.2 Å². The molecule has 3 aromatic heterocycles. The van der Waals surface area contributed by atoms with Crippen LogP contribution in [0.15, 0.2) is 164 Å². The van der Waals surface area contributed by atoms with Crippen molar-refractivity contribution in [2.24, 2.45) is 0 Å². The van der Waals surface area contributed by atoms with E-state index in [-0.39, 0.29) is 0 Å². The molecule has 0 radical (unpaired) electrons. The van der Waals surface area contributed by atoms with Crippen LogP contribution < -0.4 is 0 Å². The molecule has 5 heteroatoms. The number of hydrogen-bond donors (Lipinski definition) is 0. The highest BCUT2D eigenvalue weighted by atomic mass is 15.1. The second kappa shape index (κ2) is 12.4. The van der Waals surface area contributed by atoms with Gasteiger partial charge in [-0.1, -0.05) is 120 Å². The summed E-state index contributed by atoms with van der Waals surface area (Å²) in [6.07, 6.45) is 0. The number of para-hydroxylation sites is 2. The van der Waals surface area contributed by atoms with Crippen molar-refractivity contribution in [2.75, 3.05) is 0 Å². The Kier molecular flexibility index (Phi) is 7.24. The molecule has 0 aliphatic carbocycles. The van der Waals surface area contributed by atoms with Gasteiger partial charge in [0.05, 0.1) is 56.5 Å². The molecule has 0 bridgehead atoms. The Labute approximate surface area is 312 Å². The van der Waals surface area contributed by atoms with E-state index in [1.54, 1.807) is 0 Å². The molecular formula is C49H33N5. The van der Waals surface area contributed by atoms with Crippen molar-refractivity contribution in [2.45, 2.75) is 13.8 Å². The Balaban J connectivity index is 1.35. The van der Waals surface area contributed by atoms with Crippen LogP contribution in [0.1, 0.15) is 16.7 Å². The molecule has 0 saturated heterocycles. The third-order valence-corrected chi connectivity index (χ3v) is 10.5. The number of nitriles is 1. The predicted molar refractivity (Wildman–Crippen MR) is 221 cm³/mol. The smallest absolute Gasteiger partial charge is 0.160 e. The van der Waals surface area contributed by atoms with Gasteiger partial charge in [-0.2, -0.15) is 5.26 Å². The number of aryl methyl sites for hydroxylation is 2. The monoisotopic (exact) mass is 691 g/mol. The van der Waals surface area contributed by atoms with Crippen LogP contribution in [0.3, 0.4) is 0 Å². The van der Waals surface area contributed by atoms with Crippen molar-refractivity contribution in [1.29, 1.82) is 5.26 Å². The van der Waals surface area contributed by atoms with Gasteiger partial charge in [-0.3, -0.25) is 0 Å². The lowest BCUT2D eigenvalue weighted by atomic mass is 10.00. The van der Waals surface area contributed by atoms with E-state index in [9.17, 15) is 5.26 Å². The summed E-state index contributed by atoms with van der Waals surface area (Å²) in [5, 5.41) is 15.7. The molecule has 0 atom stereocenters. The fraction of sp³-hybridized carbons (Fsp3) is 0.0408. The first kappa shape index (κ1) is 31.4. The summed E-state index contributed by atoms with van der Waals surface area (Å²) >= 11 is 0.